The lowest BCUT2D eigenvalue weighted by Crippen LogP contribution is -2.12. The first-order valence-electron chi connectivity index (χ1n) is 4.91. The van der Waals surface area contributed by atoms with Crippen LogP contribution in [0, 0.1) is 0 Å². The van der Waals surface area contributed by atoms with Crippen LogP contribution in [0.2, 0.25) is 5.02 Å². The van der Waals surface area contributed by atoms with E-state index in [4.69, 9.17) is 22.2 Å². The molecule has 94 valence electrons. The molecule has 18 heavy (non-hydrogen) atoms. The van der Waals surface area contributed by atoms with Gasteiger partial charge in [0.05, 0.1) is 7.11 Å². The second-order valence-corrected chi connectivity index (χ2v) is 4.61. The third kappa shape index (κ3) is 3.22. The van der Waals surface area contributed by atoms with Gasteiger partial charge in [0.2, 0.25) is 11.1 Å². The van der Waals surface area contributed by atoms with Crippen LogP contribution in [0.4, 0.5) is 5.95 Å². The minimum Gasteiger partial charge on any atom is -0.467 e. The van der Waals surface area contributed by atoms with Gasteiger partial charge in [-0.05, 0) is 30.0 Å². The fourth-order valence-corrected chi connectivity index (χ4v) is 2.23. The largest absolute Gasteiger partial charge is 0.467 e. The Bertz CT molecular complexity index is 531. The minimum atomic E-state index is 0.197. The lowest BCUT2D eigenvalue weighted by Gasteiger charge is -2.05. The summed E-state index contributed by atoms with van der Waals surface area (Å²) in [7, 11) is 1.48. The highest BCUT2D eigenvalue weighted by molar-refractivity contribution is 7.99. The monoisotopic (exact) mass is 283 g/mol. The molecule has 0 aliphatic heterocycles. The molecule has 2 rings (SSSR count). The van der Waals surface area contributed by atoms with Gasteiger partial charge in [0, 0.05) is 9.92 Å². The maximum absolute atomic E-state index is 5.90. The van der Waals surface area contributed by atoms with Crippen molar-refractivity contribution in [3.8, 4) is 6.01 Å². The molecular formula is C10H10ClN5OS. The number of nitrogen functional groups attached to an aromatic ring is 1. The van der Waals surface area contributed by atoms with Crippen LogP contribution in [-0.4, -0.2) is 22.1 Å². The van der Waals surface area contributed by atoms with Gasteiger partial charge in [-0.3, -0.25) is 5.43 Å². The summed E-state index contributed by atoms with van der Waals surface area (Å²) in [5.41, 5.74) is 2.36. The zero-order chi connectivity index (χ0) is 13.0. The zero-order valence-electron chi connectivity index (χ0n) is 9.42. The number of rotatable bonds is 4. The molecule has 0 spiro atoms. The number of aromatic nitrogens is 3. The van der Waals surface area contributed by atoms with Crippen LogP contribution in [0.15, 0.2) is 34.3 Å². The normalized spacial score (nSPS) is 10.2. The highest BCUT2D eigenvalue weighted by atomic mass is 35.5. The second kappa shape index (κ2) is 5.85. The van der Waals surface area contributed by atoms with E-state index in [-0.39, 0.29) is 12.0 Å². The molecule has 1 aromatic carbocycles. The van der Waals surface area contributed by atoms with E-state index in [1.165, 1.54) is 18.9 Å². The van der Waals surface area contributed by atoms with Gasteiger partial charge in [-0.15, -0.1) is 0 Å². The summed E-state index contributed by atoms with van der Waals surface area (Å²) in [5, 5.41) is 1.12. The highest BCUT2D eigenvalue weighted by Crippen LogP contribution is 2.27. The molecular weight excluding hydrogens is 274 g/mol. The smallest absolute Gasteiger partial charge is 0.322 e. The fourth-order valence-electron chi connectivity index (χ4n) is 1.18. The second-order valence-electron chi connectivity index (χ2n) is 3.13. The van der Waals surface area contributed by atoms with E-state index in [1.54, 1.807) is 6.07 Å². The summed E-state index contributed by atoms with van der Waals surface area (Å²) < 4.78 is 4.96. The molecule has 0 radical (unpaired) electrons. The Hall–Kier alpha value is -1.57. The van der Waals surface area contributed by atoms with Crippen molar-refractivity contribution >= 4 is 29.3 Å². The number of benzene rings is 1. The molecule has 0 atom stereocenters. The molecule has 1 aromatic heterocycles. The predicted octanol–water partition coefficient (Wildman–Crippen LogP) is 1.97. The molecule has 0 amide bonds. The maximum atomic E-state index is 5.90. The molecule has 0 bridgehead atoms. The van der Waals surface area contributed by atoms with Crippen LogP contribution >= 0.6 is 23.4 Å². The molecule has 0 fully saturated rings. The summed E-state index contributed by atoms with van der Waals surface area (Å²) in [6.07, 6.45) is 0. The van der Waals surface area contributed by atoms with Crippen LogP contribution in [0.1, 0.15) is 0 Å². The van der Waals surface area contributed by atoms with Crippen molar-refractivity contribution in [3.05, 3.63) is 29.3 Å². The summed E-state index contributed by atoms with van der Waals surface area (Å²) in [5.74, 6) is 5.51. The molecule has 0 aliphatic carbocycles. The quantitative estimate of drug-likeness (QED) is 0.655. The predicted molar refractivity (Wildman–Crippen MR) is 69.8 cm³/mol. The summed E-state index contributed by atoms with van der Waals surface area (Å²) in [4.78, 5) is 13.0. The van der Waals surface area contributed by atoms with Crippen LogP contribution in [0.3, 0.4) is 0 Å². The first kappa shape index (κ1) is 12.9. The molecule has 8 heteroatoms. The van der Waals surface area contributed by atoms with E-state index in [9.17, 15) is 0 Å². The van der Waals surface area contributed by atoms with Gasteiger partial charge in [-0.2, -0.15) is 15.0 Å². The number of hydrazine groups is 1. The topological polar surface area (TPSA) is 86.0 Å². The number of hydrogen-bond acceptors (Lipinski definition) is 7. The van der Waals surface area contributed by atoms with Crippen molar-refractivity contribution in [1.82, 2.24) is 15.0 Å². The summed E-state index contributed by atoms with van der Waals surface area (Å²) in [6.45, 7) is 0. The number of nitrogens with two attached hydrogens (primary N) is 1. The SMILES string of the molecule is COc1nc(NN)nc(Sc2cccc(Cl)c2)n1. The first-order chi connectivity index (χ1) is 8.71. The van der Waals surface area contributed by atoms with Crippen molar-refractivity contribution in [1.29, 1.82) is 0 Å². The molecule has 0 saturated carbocycles. The van der Waals surface area contributed by atoms with Crippen molar-refractivity contribution in [2.75, 3.05) is 12.5 Å². The number of nitrogens with one attached hydrogen (secondary N) is 1. The molecule has 0 aliphatic rings. The van der Waals surface area contributed by atoms with E-state index in [1.807, 2.05) is 18.2 Å². The minimum absolute atomic E-state index is 0.197. The maximum Gasteiger partial charge on any atom is 0.322 e. The van der Waals surface area contributed by atoms with E-state index in [0.29, 0.717) is 10.2 Å². The number of anilines is 1. The van der Waals surface area contributed by atoms with E-state index >= 15 is 0 Å². The Kier molecular flexibility index (Phi) is 4.19. The number of methoxy groups -OCH3 is 1. The Balaban J connectivity index is 2.28. The third-order valence-electron chi connectivity index (χ3n) is 1.91. The Morgan fingerprint density at radius 2 is 2.17 bits per heavy atom. The van der Waals surface area contributed by atoms with Crippen LogP contribution in [0.5, 0.6) is 6.01 Å². The number of ether oxygens (including phenoxy) is 1. The lowest BCUT2D eigenvalue weighted by atomic mass is 10.4. The Labute approximate surface area is 113 Å². The number of hydrogen-bond donors (Lipinski definition) is 2. The molecule has 6 nitrogen and oxygen atoms in total. The Morgan fingerprint density at radius 1 is 1.33 bits per heavy atom. The summed E-state index contributed by atoms with van der Waals surface area (Å²) >= 11 is 7.24. The average Bonchev–Trinajstić information content (AvgIpc) is 2.38. The van der Waals surface area contributed by atoms with Crippen LogP contribution in [0.25, 0.3) is 0 Å². The number of nitrogens with zero attached hydrogens (tertiary/aromatic N) is 3. The van der Waals surface area contributed by atoms with Crippen molar-refractivity contribution in [2.24, 2.45) is 5.84 Å². The van der Waals surface area contributed by atoms with Crippen molar-refractivity contribution in [2.45, 2.75) is 10.1 Å². The van der Waals surface area contributed by atoms with Gasteiger partial charge < -0.3 is 4.74 Å². The Morgan fingerprint density at radius 3 is 2.83 bits per heavy atom. The third-order valence-corrected chi connectivity index (χ3v) is 3.00. The summed E-state index contributed by atoms with van der Waals surface area (Å²) in [6, 6.07) is 7.57. The van der Waals surface area contributed by atoms with Gasteiger partial charge in [0.1, 0.15) is 0 Å². The van der Waals surface area contributed by atoms with Crippen LogP contribution in [-0.2, 0) is 0 Å². The van der Waals surface area contributed by atoms with E-state index < -0.39 is 0 Å². The molecule has 1 heterocycles. The standard InChI is InChI=1S/C10H10ClN5OS/c1-17-9-13-8(16-12)14-10(15-9)18-7-4-2-3-6(11)5-7/h2-5H,12H2,1H3,(H,13,14,15,16). The van der Waals surface area contributed by atoms with Gasteiger partial charge in [-0.25, -0.2) is 5.84 Å². The van der Waals surface area contributed by atoms with Crippen molar-refractivity contribution in [3.63, 3.8) is 0 Å². The lowest BCUT2D eigenvalue weighted by molar-refractivity contribution is 0.373. The van der Waals surface area contributed by atoms with Crippen molar-refractivity contribution < 1.29 is 4.74 Å². The van der Waals surface area contributed by atoms with Gasteiger partial charge in [0.15, 0.2) is 0 Å². The van der Waals surface area contributed by atoms with Gasteiger partial charge in [0.25, 0.3) is 0 Å². The highest BCUT2D eigenvalue weighted by Gasteiger charge is 2.07. The van der Waals surface area contributed by atoms with E-state index in [0.717, 1.165) is 4.90 Å². The van der Waals surface area contributed by atoms with Gasteiger partial charge >= 0.3 is 6.01 Å². The van der Waals surface area contributed by atoms with Crippen LogP contribution < -0.4 is 16.0 Å². The molecule has 2 aromatic rings. The molecule has 0 saturated heterocycles. The zero-order valence-corrected chi connectivity index (χ0v) is 11.0. The first-order valence-corrected chi connectivity index (χ1v) is 6.11. The van der Waals surface area contributed by atoms with E-state index in [2.05, 4.69) is 20.4 Å². The average molecular weight is 284 g/mol. The molecule has 0 unspecified atom stereocenters. The van der Waals surface area contributed by atoms with Gasteiger partial charge in [-0.1, -0.05) is 17.7 Å². The molecule has 3 N–H and O–H groups in total. The number of halogens is 1. The fraction of sp³-hybridized carbons (Fsp3) is 0.100.